The summed E-state index contributed by atoms with van der Waals surface area (Å²) < 4.78 is 49.2. The molecule has 0 fully saturated rings. The molecule has 0 bridgehead atoms. The van der Waals surface area contributed by atoms with E-state index in [1.54, 1.807) is 6.92 Å². The van der Waals surface area contributed by atoms with Crippen LogP contribution >= 0.6 is 0 Å². The number of sulfonamides is 1. The van der Waals surface area contributed by atoms with Crippen LogP contribution in [0.5, 0.6) is 0 Å². The minimum atomic E-state index is -3.69. The van der Waals surface area contributed by atoms with Gasteiger partial charge in [-0.2, -0.15) is 8.78 Å². The lowest BCUT2D eigenvalue weighted by Gasteiger charge is -2.15. The molecule has 0 aliphatic rings. The molecule has 0 aromatic heterocycles. The largest absolute Gasteiger partial charge is 0.321 e. The lowest BCUT2D eigenvalue weighted by atomic mass is 10.2. The highest BCUT2D eigenvalue weighted by Gasteiger charge is 2.21. The van der Waals surface area contributed by atoms with Gasteiger partial charge in [-0.15, -0.1) is 0 Å². The van der Waals surface area contributed by atoms with Gasteiger partial charge in [-0.1, -0.05) is 6.07 Å². The van der Waals surface area contributed by atoms with E-state index in [-0.39, 0.29) is 10.6 Å². The predicted molar refractivity (Wildman–Crippen MR) is 66.7 cm³/mol. The Morgan fingerprint density at radius 3 is 2.37 bits per heavy atom. The second-order valence-electron chi connectivity index (χ2n) is 4.06. The summed E-state index contributed by atoms with van der Waals surface area (Å²) in [5.74, 6) is -1.47. The molecule has 0 atom stereocenters. The fourth-order valence-electron chi connectivity index (χ4n) is 1.35. The summed E-state index contributed by atoms with van der Waals surface area (Å²) in [7, 11) is -0.971. The number of alkyl halides is 2. The molecule has 0 saturated heterocycles. The van der Waals surface area contributed by atoms with Crippen molar-refractivity contribution in [2.24, 2.45) is 0 Å². The van der Waals surface area contributed by atoms with Crippen molar-refractivity contribution in [2.45, 2.75) is 18.2 Å². The summed E-state index contributed by atoms with van der Waals surface area (Å²) in [6, 6.07) is 3.96. The van der Waals surface area contributed by atoms with Gasteiger partial charge in [-0.3, -0.25) is 4.79 Å². The van der Waals surface area contributed by atoms with Gasteiger partial charge in [0, 0.05) is 19.8 Å². The van der Waals surface area contributed by atoms with E-state index in [1.165, 1.54) is 26.2 Å². The van der Waals surface area contributed by atoms with E-state index in [9.17, 15) is 22.0 Å². The number of benzene rings is 1. The molecule has 0 radical (unpaired) electrons. The first kappa shape index (κ1) is 15.5. The van der Waals surface area contributed by atoms with Crippen molar-refractivity contribution in [3.05, 3.63) is 23.8 Å². The zero-order chi connectivity index (χ0) is 14.8. The van der Waals surface area contributed by atoms with Gasteiger partial charge in [0.05, 0.1) is 4.90 Å². The molecule has 19 heavy (non-hydrogen) atoms. The van der Waals surface area contributed by atoms with Gasteiger partial charge < -0.3 is 5.32 Å². The third-order valence-corrected chi connectivity index (χ3v) is 4.37. The second kappa shape index (κ2) is 5.62. The first-order valence-electron chi connectivity index (χ1n) is 5.28. The topological polar surface area (TPSA) is 66.5 Å². The monoisotopic (exact) mass is 292 g/mol. The zero-order valence-corrected chi connectivity index (χ0v) is 11.5. The average molecular weight is 292 g/mol. The molecule has 1 N–H and O–H groups in total. The maximum Gasteiger partial charge on any atom is 0.315 e. The Morgan fingerprint density at radius 1 is 1.32 bits per heavy atom. The minimum Gasteiger partial charge on any atom is -0.321 e. The van der Waals surface area contributed by atoms with Gasteiger partial charge in [-0.25, -0.2) is 12.7 Å². The summed E-state index contributed by atoms with van der Waals surface area (Å²) in [5, 5.41) is 1.95. The SMILES string of the molecule is Cc1ccc(NC(=O)C(F)F)cc1S(=O)(=O)N(C)C. The van der Waals surface area contributed by atoms with Crippen LogP contribution < -0.4 is 5.32 Å². The highest BCUT2D eigenvalue weighted by atomic mass is 32.2. The number of anilines is 1. The molecule has 5 nitrogen and oxygen atoms in total. The molecular formula is C11H14F2N2O3S. The van der Waals surface area contributed by atoms with Crippen molar-refractivity contribution in [3.8, 4) is 0 Å². The van der Waals surface area contributed by atoms with Crippen LogP contribution in [0.25, 0.3) is 0 Å². The van der Waals surface area contributed by atoms with Crippen LogP contribution in [-0.2, 0) is 14.8 Å². The summed E-state index contributed by atoms with van der Waals surface area (Å²) in [6.45, 7) is 1.58. The Bertz CT molecular complexity index is 586. The first-order chi connectivity index (χ1) is 8.66. The molecule has 0 aliphatic carbocycles. The van der Waals surface area contributed by atoms with Crippen LogP contribution in [0.2, 0.25) is 0 Å². The zero-order valence-electron chi connectivity index (χ0n) is 10.6. The quantitative estimate of drug-likeness (QED) is 0.913. The molecule has 0 unspecified atom stereocenters. The van der Waals surface area contributed by atoms with Crippen LogP contribution in [0.3, 0.4) is 0 Å². The number of rotatable bonds is 4. The molecule has 8 heteroatoms. The molecule has 1 aromatic rings. The van der Waals surface area contributed by atoms with Crippen LogP contribution in [-0.4, -0.2) is 39.2 Å². The van der Waals surface area contributed by atoms with Crippen molar-refractivity contribution < 1.29 is 22.0 Å². The van der Waals surface area contributed by atoms with Gasteiger partial charge in [0.25, 0.3) is 5.91 Å². The number of amides is 1. The van der Waals surface area contributed by atoms with Crippen LogP contribution in [0.4, 0.5) is 14.5 Å². The van der Waals surface area contributed by atoms with E-state index in [0.29, 0.717) is 5.56 Å². The summed E-state index contributed by atoms with van der Waals surface area (Å²) in [5.41, 5.74) is 0.472. The molecule has 0 heterocycles. The highest BCUT2D eigenvalue weighted by molar-refractivity contribution is 7.89. The number of nitrogens with one attached hydrogen (secondary N) is 1. The van der Waals surface area contributed by atoms with Gasteiger partial charge in [0.2, 0.25) is 10.0 Å². The molecule has 0 saturated carbocycles. The summed E-state index contributed by atoms with van der Waals surface area (Å²) in [6.07, 6.45) is -3.16. The van der Waals surface area contributed by atoms with Crippen molar-refractivity contribution in [1.82, 2.24) is 4.31 Å². The number of carbonyl (C=O) groups is 1. The standard InChI is InChI=1S/C11H14F2N2O3S/c1-7-4-5-8(14-11(16)10(12)13)6-9(7)19(17,18)15(2)3/h4-6,10H,1-3H3,(H,14,16). The minimum absolute atomic E-state index is 0.0105. The normalized spacial score (nSPS) is 11.9. The Kier molecular flexibility index (Phi) is 4.59. The molecule has 1 rings (SSSR count). The van der Waals surface area contributed by atoms with E-state index in [2.05, 4.69) is 0 Å². The van der Waals surface area contributed by atoms with E-state index in [4.69, 9.17) is 0 Å². The average Bonchev–Trinajstić information content (AvgIpc) is 2.30. The summed E-state index contributed by atoms with van der Waals surface area (Å²) >= 11 is 0. The maximum absolute atomic E-state index is 12.1. The molecule has 106 valence electrons. The van der Waals surface area contributed by atoms with Crippen LogP contribution in [0, 0.1) is 6.92 Å². The van der Waals surface area contributed by atoms with Crippen LogP contribution in [0.1, 0.15) is 5.56 Å². The Labute approximate surface area is 110 Å². The Morgan fingerprint density at radius 2 is 1.89 bits per heavy atom. The Balaban J connectivity index is 3.19. The molecule has 0 spiro atoms. The number of nitrogens with zero attached hydrogens (tertiary/aromatic N) is 1. The van der Waals surface area contributed by atoms with Crippen molar-refractivity contribution in [2.75, 3.05) is 19.4 Å². The fourth-order valence-corrected chi connectivity index (χ4v) is 2.49. The number of halogens is 2. The predicted octanol–water partition coefficient (Wildman–Crippen LogP) is 1.45. The van der Waals surface area contributed by atoms with Gasteiger partial charge in [-0.05, 0) is 24.6 Å². The highest BCUT2D eigenvalue weighted by Crippen LogP contribution is 2.22. The van der Waals surface area contributed by atoms with E-state index in [0.717, 1.165) is 10.4 Å². The number of aryl methyl sites for hydroxylation is 1. The van der Waals surface area contributed by atoms with Gasteiger partial charge >= 0.3 is 6.43 Å². The van der Waals surface area contributed by atoms with Crippen molar-refractivity contribution in [1.29, 1.82) is 0 Å². The van der Waals surface area contributed by atoms with Gasteiger partial charge in [0.1, 0.15) is 0 Å². The summed E-state index contributed by atoms with van der Waals surface area (Å²) in [4.78, 5) is 10.8. The van der Waals surface area contributed by atoms with Crippen LogP contribution in [0.15, 0.2) is 23.1 Å². The number of hydrogen-bond donors (Lipinski definition) is 1. The lowest BCUT2D eigenvalue weighted by Crippen LogP contribution is -2.24. The maximum atomic E-state index is 12.1. The van der Waals surface area contributed by atoms with Gasteiger partial charge in [0.15, 0.2) is 0 Å². The smallest absolute Gasteiger partial charge is 0.315 e. The first-order valence-corrected chi connectivity index (χ1v) is 6.72. The van der Waals surface area contributed by atoms with Crippen molar-refractivity contribution in [3.63, 3.8) is 0 Å². The van der Waals surface area contributed by atoms with E-state index in [1.807, 2.05) is 5.32 Å². The molecular weight excluding hydrogens is 278 g/mol. The van der Waals surface area contributed by atoms with Crippen molar-refractivity contribution >= 4 is 21.6 Å². The second-order valence-corrected chi connectivity index (χ2v) is 6.18. The molecule has 1 aromatic carbocycles. The number of hydrogen-bond acceptors (Lipinski definition) is 3. The molecule has 0 aliphatic heterocycles. The Hall–Kier alpha value is -1.54. The third-order valence-electron chi connectivity index (χ3n) is 2.41. The lowest BCUT2D eigenvalue weighted by molar-refractivity contribution is -0.126. The fraction of sp³-hybridized carbons (Fsp3) is 0.364. The third kappa shape index (κ3) is 3.48. The van der Waals surface area contributed by atoms with E-state index < -0.39 is 22.4 Å². The van der Waals surface area contributed by atoms with E-state index >= 15 is 0 Å². The molecule has 1 amide bonds. The number of carbonyl (C=O) groups excluding carboxylic acids is 1.